The van der Waals surface area contributed by atoms with E-state index in [2.05, 4.69) is 112 Å². The maximum Gasteiger partial charge on any atom is 0.293 e. The Labute approximate surface area is 192 Å². The number of pyridine rings is 1. The predicted octanol–water partition coefficient (Wildman–Crippen LogP) is 2.94. The van der Waals surface area contributed by atoms with E-state index in [-0.39, 0.29) is 0 Å². The first-order chi connectivity index (χ1) is 16.1. The zero-order valence-electron chi connectivity index (χ0n) is 18.8. The summed E-state index contributed by atoms with van der Waals surface area (Å²) in [6.07, 6.45) is 7.61. The fourth-order valence-electron chi connectivity index (χ4n) is 3.93. The molecule has 0 amide bonds. The van der Waals surface area contributed by atoms with Gasteiger partial charge in [-0.15, -0.1) is 0 Å². The molecule has 3 N–H and O–H groups in total. The third kappa shape index (κ3) is 4.39. The zero-order chi connectivity index (χ0) is 22.8. The van der Waals surface area contributed by atoms with Gasteiger partial charge < -0.3 is 15.6 Å². The average molecular weight is 438 g/mol. The summed E-state index contributed by atoms with van der Waals surface area (Å²) in [5.41, 5.74) is 13.5. The molecule has 0 spiro atoms. The number of fused-ring (bicyclic) bond motifs is 1. The van der Waals surface area contributed by atoms with Crippen molar-refractivity contribution in [3.8, 4) is 11.1 Å². The highest BCUT2D eigenvalue weighted by atomic mass is 15.1. The molecule has 0 unspecified atom stereocenters. The lowest BCUT2D eigenvalue weighted by atomic mass is 10.0. The summed E-state index contributed by atoms with van der Waals surface area (Å²) >= 11 is 0. The van der Waals surface area contributed by atoms with E-state index >= 15 is 0 Å². The molecule has 0 fully saturated rings. The van der Waals surface area contributed by atoms with Crippen LogP contribution in [0, 0.1) is 0 Å². The third-order valence-electron chi connectivity index (χ3n) is 5.83. The zero-order valence-corrected chi connectivity index (χ0v) is 18.8. The molecule has 0 atom stereocenters. The van der Waals surface area contributed by atoms with E-state index in [1.165, 1.54) is 27.9 Å². The number of aromatic nitrogens is 5. The molecule has 0 saturated heterocycles. The Balaban J connectivity index is 1.28. The molecule has 2 aromatic carbocycles. The number of benzene rings is 2. The van der Waals surface area contributed by atoms with Gasteiger partial charge in [0, 0.05) is 37.5 Å². The molecule has 3 heterocycles. The summed E-state index contributed by atoms with van der Waals surface area (Å²) < 4.78 is 4.19. The molecule has 33 heavy (non-hydrogen) atoms. The molecular weight excluding hydrogens is 410 g/mol. The lowest BCUT2D eigenvalue weighted by molar-refractivity contribution is -0.688. The number of hydrogen-bond acceptors (Lipinski definition) is 4. The number of hydrogen-bond donors (Lipinski definition) is 2. The standard InChI is InChI=1S/C26H26N7/c1-31(2)23-11-13-32(14-12-23)15-19-3-7-21(8-4-19)22-9-5-20(6-10-22)16-33-18-30-25(27)24-26(33)29-17-28-24/h3-14,17-18H,15-16H2,1-2H3,(H2,27,28,29)/q+1/p+1. The fourth-order valence-corrected chi connectivity index (χ4v) is 3.93. The maximum absolute atomic E-state index is 5.92. The molecule has 5 rings (SSSR count). The van der Waals surface area contributed by atoms with Gasteiger partial charge in [-0.05, 0) is 16.7 Å². The summed E-state index contributed by atoms with van der Waals surface area (Å²) in [7, 11) is 4.10. The average Bonchev–Trinajstić information content (AvgIpc) is 3.34. The van der Waals surface area contributed by atoms with Crippen molar-refractivity contribution >= 4 is 22.7 Å². The van der Waals surface area contributed by atoms with Gasteiger partial charge in [-0.3, -0.25) is 0 Å². The van der Waals surface area contributed by atoms with Crippen LogP contribution < -0.4 is 19.8 Å². The van der Waals surface area contributed by atoms with Crippen molar-refractivity contribution in [3.05, 3.63) is 96.8 Å². The Morgan fingerprint density at radius 3 is 2.03 bits per heavy atom. The number of imidazole rings is 1. The van der Waals surface area contributed by atoms with Crippen molar-refractivity contribution in [2.75, 3.05) is 24.7 Å². The van der Waals surface area contributed by atoms with Gasteiger partial charge in [0.25, 0.3) is 5.65 Å². The maximum atomic E-state index is 5.92. The number of rotatable bonds is 6. The van der Waals surface area contributed by atoms with Crippen LogP contribution in [0.4, 0.5) is 11.5 Å². The van der Waals surface area contributed by atoms with Crippen molar-refractivity contribution < 1.29 is 9.13 Å². The van der Waals surface area contributed by atoms with Crippen molar-refractivity contribution in [3.63, 3.8) is 0 Å². The quantitative estimate of drug-likeness (QED) is 0.401. The molecule has 0 bridgehead atoms. The first-order valence-electron chi connectivity index (χ1n) is 10.9. The Morgan fingerprint density at radius 1 is 0.818 bits per heavy atom. The van der Waals surface area contributed by atoms with Gasteiger partial charge in [-0.1, -0.05) is 58.5 Å². The Morgan fingerprint density at radius 2 is 1.42 bits per heavy atom. The van der Waals surface area contributed by atoms with Gasteiger partial charge in [0.15, 0.2) is 30.8 Å². The monoisotopic (exact) mass is 437 g/mol. The van der Waals surface area contributed by atoms with Crippen molar-refractivity contribution in [2.24, 2.45) is 0 Å². The first-order valence-corrected chi connectivity index (χ1v) is 10.9. The second-order valence-electron chi connectivity index (χ2n) is 8.38. The van der Waals surface area contributed by atoms with E-state index in [0.717, 1.165) is 17.7 Å². The smallest absolute Gasteiger partial charge is 0.293 e. The van der Waals surface area contributed by atoms with Crippen LogP contribution >= 0.6 is 0 Å². The van der Waals surface area contributed by atoms with Gasteiger partial charge in [0.2, 0.25) is 12.1 Å². The lowest BCUT2D eigenvalue weighted by Crippen LogP contribution is -2.36. The van der Waals surface area contributed by atoms with E-state index in [4.69, 9.17) is 5.73 Å². The molecule has 0 aliphatic heterocycles. The second kappa shape index (κ2) is 8.70. The second-order valence-corrected chi connectivity index (χ2v) is 8.38. The van der Waals surface area contributed by atoms with Crippen molar-refractivity contribution in [2.45, 2.75) is 13.1 Å². The molecule has 7 nitrogen and oxygen atoms in total. The van der Waals surface area contributed by atoms with Gasteiger partial charge in [0.1, 0.15) is 0 Å². The van der Waals surface area contributed by atoms with E-state index in [0.29, 0.717) is 12.4 Å². The van der Waals surface area contributed by atoms with Crippen LogP contribution in [-0.2, 0) is 13.1 Å². The highest BCUT2D eigenvalue weighted by Gasteiger charge is 2.14. The summed E-state index contributed by atoms with van der Waals surface area (Å²) in [5, 5.41) is 0. The Hall–Kier alpha value is -4.26. The van der Waals surface area contributed by atoms with Crippen LogP contribution in [0.25, 0.3) is 22.3 Å². The number of nitrogen functional groups attached to an aromatic ring is 1. The molecule has 0 radical (unpaired) electrons. The van der Waals surface area contributed by atoms with Crippen LogP contribution in [0.5, 0.6) is 0 Å². The third-order valence-corrected chi connectivity index (χ3v) is 5.83. The van der Waals surface area contributed by atoms with Crippen LogP contribution in [0.1, 0.15) is 11.1 Å². The predicted molar refractivity (Wildman–Crippen MR) is 130 cm³/mol. The van der Waals surface area contributed by atoms with Crippen molar-refractivity contribution in [1.29, 1.82) is 0 Å². The van der Waals surface area contributed by atoms with Crippen LogP contribution in [-0.4, -0.2) is 29.0 Å². The first kappa shape index (κ1) is 20.6. The van der Waals surface area contributed by atoms with E-state index in [1.807, 2.05) is 4.57 Å². The van der Waals surface area contributed by atoms with Gasteiger partial charge in [-0.25, -0.2) is 9.13 Å². The normalized spacial score (nSPS) is 11.1. The number of nitrogens with two attached hydrogens (primary N) is 1. The molecule has 3 aromatic heterocycles. The largest absolute Gasteiger partial charge is 0.377 e. The lowest BCUT2D eigenvalue weighted by Gasteiger charge is -2.10. The highest BCUT2D eigenvalue weighted by molar-refractivity contribution is 5.78. The molecule has 0 aliphatic rings. The Bertz CT molecular complexity index is 1370. The summed E-state index contributed by atoms with van der Waals surface area (Å²) in [6, 6.07) is 21.6. The minimum absolute atomic E-state index is 0.460. The SMILES string of the molecule is CN(C)c1cc[n+](Cc2ccc(-c3ccc(C[n+]4cnc(N)c5[nH]cnc54)cc3)cc2)cc1. The number of H-pyrrole nitrogens is 1. The molecular formula is C26H27N7+2. The van der Waals surface area contributed by atoms with E-state index in [9.17, 15) is 0 Å². The fraction of sp³-hybridized carbons (Fsp3) is 0.154. The number of nitrogens with one attached hydrogen (secondary N) is 1. The molecule has 0 aliphatic carbocycles. The van der Waals surface area contributed by atoms with Gasteiger partial charge >= 0.3 is 0 Å². The number of nitrogens with zero attached hydrogens (tertiary/aromatic N) is 5. The number of aromatic amines is 1. The van der Waals surface area contributed by atoms with Crippen LogP contribution in [0.3, 0.4) is 0 Å². The van der Waals surface area contributed by atoms with Gasteiger partial charge in [0.05, 0.1) is 6.54 Å². The molecule has 164 valence electrons. The molecule has 7 heteroatoms. The van der Waals surface area contributed by atoms with E-state index < -0.39 is 0 Å². The summed E-state index contributed by atoms with van der Waals surface area (Å²) in [4.78, 5) is 13.8. The summed E-state index contributed by atoms with van der Waals surface area (Å²) in [6.45, 7) is 1.53. The minimum Gasteiger partial charge on any atom is -0.377 e. The molecule has 0 saturated carbocycles. The molecule has 5 aromatic rings. The minimum atomic E-state index is 0.460. The van der Waals surface area contributed by atoms with Crippen LogP contribution in [0.2, 0.25) is 0 Å². The highest BCUT2D eigenvalue weighted by Crippen LogP contribution is 2.21. The summed E-state index contributed by atoms with van der Waals surface area (Å²) in [5.74, 6) is 0.460. The van der Waals surface area contributed by atoms with Gasteiger partial charge in [-0.2, -0.15) is 0 Å². The topological polar surface area (TPSA) is 78.6 Å². The van der Waals surface area contributed by atoms with Crippen LogP contribution in [0.15, 0.2) is 85.7 Å². The Kier molecular flexibility index (Phi) is 5.44. The van der Waals surface area contributed by atoms with E-state index in [1.54, 1.807) is 12.7 Å². The number of anilines is 2. The van der Waals surface area contributed by atoms with Crippen molar-refractivity contribution in [1.82, 2.24) is 15.0 Å².